The molecule has 62 nitrogen and oxygen atoms in total. The molecule has 0 aromatic heterocycles. The van der Waals surface area contributed by atoms with Gasteiger partial charge in [-0.15, -0.1) is 0 Å². The summed E-state index contributed by atoms with van der Waals surface area (Å²) in [6.45, 7) is -11.1. The van der Waals surface area contributed by atoms with Crippen LogP contribution < -0.4 is 5.73 Å². The van der Waals surface area contributed by atoms with E-state index in [4.69, 9.17) is 105 Å². The Morgan fingerprint density at radius 2 is 0.762 bits per heavy atom. The van der Waals surface area contributed by atoms with Gasteiger partial charge in [-0.25, -0.2) is 18.7 Å². The number of aliphatic hydroxyl groups is 30. The summed E-state index contributed by atoms with van der Waals surface area (Å²) in [5.41, 5.74) is 6.92. The highest BCUT2D eigenvalue weighted by atomic mass is 31.2. The minimum Gasteiger partial charge on any atom is -0.477 e. The Morgan fingerprint density at radius 1 is 0.362 bits per heavy atom. The molecule has 0 aromatic carbocycles. The molecule has 0 bridgehead atoms. The van der Waals surface area contributed by atoms with Crippen LogP contribution in [0.5, 0.6) is 0 Å². The van der Waals surface area contributed by atoms with Gasteiger partial charge in [-0.05, 0) is 6.92 Å². The van der Waals surface area contributed by atoms with Crippen molar-refractivity contribution in [3.05, 3.63) is 0 Å². The van der Waals surface area contributed by atoms with E-state index in [1.165, 1.54) is 6.92 Å². The maximum Gasteiger partial charge on any atom is 0.470 e. The molecule has 10 saturated heterocycles. The third-order valence-electron chi connectivity index (χ3n) is 23.2. The summed E-state index contributed by atoms with van der Waals surface area (Å²) < 4.78 is 147. The molecule has 0 unspecified atom stereocenters. The van der Waals surface area contributed by atoms with E-state index in [2.05, 4.69) is 0 Å². The largest absolute Gasteiger partial charge is 0.477 e. The Kier molecular flexibility index (Phi) is 37.9. The van der Waals surface area contributed by atoms with Crippen molar-refractivity contribution < 1.29 is 301 Å². The summed E-state index contributed by atoms with van der Waals surface area (Å²) in [7, 11) is -12.9. The molecule has 10 fully saturated rings. The van der Waals surface area contributed by atoms with Crippen molar-refractivity contribution in [3.63, 3.8) is 0 Å². The number of carboxylic acid groups (broad SMARTS) is 2. The number of phosphoric ester groups is 2. The first-order valence-electron chi connectivity index (χ1n) is 39.9. The average molecular weight is 1960 g/mol. The summed E-state index contributed by atoms with van der Waals surface area (Å²) in [6.07, 6.45) is -123. The van der Waals surface area contributed by atoms with Crippen LogP contribution in [-0.4, -0.2) is 573 Å². The Bertz CT molecular complexity index is 3650. The van der Waals surface area contributed by atoms with E-state index < -0.39 is 418 Å². The lowest BCUT2D eigenvalue weighted by atomic mass is 9.89. The van der Waals surface area contributed by atoms with Crippen LogP contribution in [0, 0.1) is 0 Å². The van der Waals surface area contributed by atoms with Gasteiger partial charge in [0.25, 0.3) is 11.6 Å². The Morgan fingerprint density at radius 3 is 1.25 bits per heavy atom. The van der Waals surface area contributed by atoms with Gasteiger partial charge < -0.3 is 279 Å². The van der Waals surface area contributed by atoms with Crippen molar-refractivity contribution in [1.82, 2.24) is 0 Å². The van der Waals surface area contributed by atoms with Gasteiger partial charge in [0.1, 0.15) is 232 Å². The van der Waals surface area contributed by atoms with Crippen LogP contribution >= 0.6 is 15.6 Å². The number of nitrogens with two attached hydrogens (primary N) is 1. The van der Waals surface area contributed by atoms with E-state index >= 15 is 0 Å². The van der Waals surface area contributed by atoms with Crippen molar-refractivity contribution in [3.8, 4) is 0 Å². The first kappa shape index (κ1) is 109. The molecular weight excluding hydrogens is 1840 g/mol. The number of hydrogen-bond donors (Lipinski definition) is 37. The topological polar surface area (TPSA) is 1020 Å². The second-order valence-corrected chi connectivity index (χ2v) is 34.5. The highest BCUT2D eigenvalue weighted by Crippen LogP contribution is 2.51. The standard InChI is InChI=1S/C66H113NO61P2/c1-13-26(81)35(90)51(122-58-38(93)34(89)30(85)22(10-74)112-58)61(109-13)108-12-24-31(86)49(121-57-37(92)33(88)29(84)21(9-73)111-57)40(95)59(114-24)117-47-23(11-75)113-55(25(67)48(47)119-56-36(91)32(87)28(83)20(8-72)110-56)120-50-39(94)42(15(77)4-68)115-60(41(50)96)123-52-53(127-129(102,103)104)44(17(79)6-70)116-62(54(52)128-130(105,106)107)118-46-19(3-65(101,63(97)98)125-45(46)18(80)7-71)124-66(64(99)100)2-14(76)27(82)43(126-66)16(78)5-69/h13-62,68-96,101H,2-12,67H2,1H3,(H,97,98)(H,99,100)(H2,102,103,104)(H2,105,106,107)/t13-,14+,15-,16+,17-,18+,19+,20+,21+,22+,23+,24+,25+,26-,27+,28+,29+,30+,31+,32-,33-,34-,35+,36+,37+,38+,39+,40+,41-,42+,43+,44+,45+,46+,47-,48+,49-,50-,51+,52-,53+,54-,55+,56-,57+,58-,59+,60+,61+,62+,65+,66+/m0/s1. The number of aliphatic hydroxyl groups excluding tert-OH is 29. The maximum absolute atomic E-state index is 13.4. The van der Waals surface area contributed by atoms with Crippen molar-refractivity contribution in [2.75, 3.05) is 59.5 Å². The van der Waals surface area contributed by atoms with Gasteiger partial charge in [-0.3, -0.25) is 9.05 Å². The summed E-state index contributed by atoms with van der Waals surface area (Å²) in [5, 5.41) is 353. The van der Waals surface area contributed by atoms with Crippen LogP contribution in [0.2, 0.25) is 0 Å². The van der Waals surface area contributed by atoms with E-state index in [1.807, 2.05) is 0 Å². The van der Waals surface area contributed by atoms with Gasteiger partial charge in [0.2, 0.25) is 0 Å². The van der Waals surface area contributed by atoms with E-state index in [9.17, 15) is 202 Å². The van der Waals surface area contributed by atoms with Crippen LogP contribution in [0.4, 0.5) is 0 Å². The molecule has 0 radical (unpaired) electrons. The number of phosphoric acid groups is 2. The fourth-order valence-electron chi connectivity index (χ4n) is 16.2. The van der Waals surface area contributed by atoms with E-state index in [-0.39, 0.29) is 0 Å². The first-order valence-corrected chi connectivity index (χ1v) is 43.0. The monoisotopic (exact) mass is 1960 g/mol. The highest BCUT2D eigenvalue weighted by Gasteiger charge is 2.66. The number of carboxylic acids is 2. The molecule has 64 heteroatoms. The summed E-state index contributed by atoms with van der Waals surface area (Å²) in [6, 6.07) is -2.42. The van der Waals surface area contributed by atoms with Gasteiger partial charge in [0.15, 0.2) is 50.3 Å². The van der Waals surface area contributed by atoms with Gasteiger partial charge in [-0.1, -0.05) is 0 Å². The summed E-state index contributed by atoms with van der Waals surface area (Å²) in [5.74, 6) is -12.2. The predicted octanol–water partition coefficient (Wildman–Crippen LogP) is -23.2. The number of carbonyl (C=O) groups is 2. The molecule has 38 N–H and O–H groups in total. The predicted molar refractivity (Wildman–Crippen MR) is 386 cm³/mol. The summed E-state index contributed by atoms with van der Waals surface area (Å²) in [4.78, 5) is 68.8. The van der Waals surface area contributed by atoms with E-state index in [1.54, 1.807) is 0 Å². The zero-order valence-electron chi connectivity index (χ0n) is 67.4. The van der Waals surface area contributed by atoms with Crippen LogP contribution in [0.1, 0.15) is 19.8 Å². The quantitative estimate of drug-likeness (QED) is 0.0257. The first-order chi connectivity index (χ1) is 60.8. The molecule has 52 atom stereocenters. The molecule has 10 aliphatic rings. The van der Waals surface area contributed by atoms with Crippen molar-refractivity contribution in [2.24, 2.45) is 5.73 Å². The molecule has 10 heterocycles. The van der Waals surface area contributed by atoms with Crippen molar-refractivity contribution in [1.29, 1.82) is 0 Å². The van der Waals surface area contributed by atoms with E-state index in [0.29, 0.717) is 0 Å². The molecule has 0 aromatic rings. The highest BCUT2D eigenvalue weighted by molar-refractivity contribution is 7.46. The third kappa shape index (κ3) is 23.7. The molecule has 0 saturated carbocycles. The average Bonchev–Trinajstić information content (AvgIpc) is 0.734. The number of rotatable bonds is 37. The van der Waals surface area contributed by atoms with Gasteiger partial charge >= 0.3 is 27.6 Å². The number of ether oxygens (including phenoxy) is 19. The summed E-state index contributed by atoms with van der Waals surface area (Å²) >= 11 is 0. The Hall–Kier alpha value is -2.84. The molecule has 130 heavy (non-hydrogen) atoms. The second-order valence-electron chi connectivity index (χ2n) is 32.1. The molecule has 0 spiro atoms. The fraction of sp³-hybridized carbons (Fsp3) is 0.970. The molecular formula is C66H113NO61P2. The lowest BCUT2D eigenvalue weighted by Crippen LogP contribution is -2.71. The normalized spacial score (nSPS) is 48.8. The molecule has 0 amide bonds. The smallest absolute Gasteiger partial charge is 0.470 e. The minimum atomic E-state index is -6.51. The third-order valence-corrected chi connectivity index (χ3v) is 24.3. The van der Waals surface area contributed by atoms with Crippen LogP contribution in [0.25, 0.3) is 0 Å². The van der Waals surface area contributed by atoms with Crippen LogP contribution in [0.15, 0.2) is 0 Å². The van der Waals surface area contributed by atoms with E-state index in [0.717, 1.165) is 0 Å². The Labute approximate surface area is 729 Å². The van der Waals surface area contributed by atoms with Crippen molar-refractivity contribution >= 4 is 27.6 Å². The molecule has 10 aliphatic heterocycles. The SMILES string of the molecule is C[C@@H]1O[C@@H](OC[C@H]2O[C@H](O[C@@H]3[C@H](O[C@@H]4O[C@H](CO)[C@@H](O)[C@H](O)[C@H]4O)[C@@H](N)[C@@H](O[C@@H]4[C@H](O)[C@@H](O[C@H]5[C@H](OP(=O)(O)O)[C@@H]([C@@H](O)CO)O[C@H](O[C@H]6[C@@H]([C@H](O)CO)O[C@@](O)(C(=O)O)C[C@H]6O[C@]6(C(=O)O)C[C@@H](O)[C@@H](O)[C@@H]([C@H](O)CO)O6)[C@H]5OP(=O)(O)O)O[C@H]([C@@H](O)CO)[C@H]4O)O[C@@H]3CO)[C@H](O)[C@@H](O[C@H]3O[C@H](CO)[C@@H](O)[C@H](O)[C@H]3O)[C@@H]2O)[C@H](O[C@@H]2O[C@H](CO)[C@@H](O)[C@H](O)[C@H]2O)[C@H](O)[C@H]1O. The minimum absolute atomic E-state index is 1.01. The van der Waals surface area contributed by atoms with Gasteiger partial charge in [0.05, 0.1) is 83.8 Å². The van der Waals surface area contributed by atoms with Crippen LogP contribution in [-0.2, 0) is 118 Å². The number of hydrogen-bond acceptors (Lipinski definition) is 56. The zero-order valence-corrected chi connectivity index (χ0v) is 69.2. The molecule has 10 rings (SSSR count). The van der Waals surface area contributed by atoms with Gasteiger partial charge in [0, 0.05) is 12.8 Å². The van der Waals surface area contributed by atoms with Crippen molar-refractivity contribution in [2.45, 2.75) is 338 Å². The molecule has 758 valence electrons. The molecule has 0 aliphatic carbocycles. The van der Waals surface area contributed by atoms with Gasteiger partial charge in [-0.2, -0.15) is 0 Å². The lowest BCUT2D eigenvalue weighted by Gasteiger charge is -2.53. The lowest BCUT2D eigenvalue weighted by molar-refractivity contribution is -0.406. The fourth-order valence-corrected chi connectivity index (χ4v) is 17.3. The maximum atomic E-state index is 13.4. The Balaban J connectivity index is 1.03. The number of aliphatic carboxylic acids is 2. The van der Waals surface area contributed by atoms with Crippen LogP contribution in [0.3, 0.4) is 0 Å². The zero-order chi connectivity index (χ0) is 96.6. The second kappa shape index (κ2) is 45.2.